The molecule has 0 spiro atoms. The first-order valence-electron chi connectivity index (χ1n) is 9.31. The first kappa shape index (κ1) is 21.5. The minimum absolute atomic E-state index is 0.00462. The van der Waals surface area contributed by atoms with Crippen LogP contribution in [0.25, 0.3) is 0 Å². The van der Waals surface area contributed by atoms with E-state index in [2.05, 4.69) is 5.32 Å². The molecular weight excluding hydrogens is 422 g/mol. The Labute approximate surface area is 174 Å². The molecule has 158 valence electrons. The normalized spacial score (nSPS) is 19.0. The number of hydrogen-bond acceptors (Lipinski definition) is 6. The Hall–Kier alpha value is -2.17. The number of piperidine rings is 1. The maximum absolute atomic E-state index is 12.9. The number of carbonyl (C=O) groups excluding carboxylic acids is 3. The Bertz CT molecular complexity index is 930. The Kier molecular flexibility index (Phi) is 6.45. The third kappa shape index (κ3) is 4.54. The molecule has 3 amide bonds. The van der Waals surface area contributed by atoms with Crippen LogP contribution >= 0.6 is 11.6 Å². The molecule has 2 aliphatic heterocycles. The summed E-state index contributed by atoms with van der Waals surface area (Å²) in [6, 6.07) is 3.27. The van der Waals surface area contributed by atoms with Gasteiger partial charge in [0.15, 0.2) is 6.10 Å². The Morgan fingerprint density at radius 3 is 2.48 bits per heavy atom. The summed E-state index contributed by atoms with van der Waals surface area (Å²) < 4.78 is 32.3. The van der Waals surface area contributed by atoms with E-state index in [1.54, 1.807) is 0 Å². The zero-order valence-corrected chi connectivity index (χ0v) is 17.5. The number of carbonyl (C=O) groups is 3. The second kappa shape index (κ2) is 8.68. The number of ether oxygens (including phenoxy) is 1. The average molecular weight is 444 g/mol. The average Bonchev–Trinajstić information content (AvgIpc) is 3.14. The van der Waals surface area contributed by atoms with Crippen LogP contribution in [-0.4, -0.2) is 67.8 Å². The molecule has 1 aromatic carbocycles. The lowest BCUT2D eigenvalue weighted by atomic mass is 10.2. The van der Waals surface area contributed by atoms with Crippen LogP contribution in [0.1, 0.15) is 36.5 Å². The third-order valence-corrected chi connectivity index (χ3v) is 7.23. The van der Waals surface area contributed by atoms with Gasteiger partial charge < -0.3 is 10.1 Å². The number of sulfonamides is 1. The number of amides is 3. The van der Waals surface area contributed by atoms with Crippen molar-refractivity contribution in [2.75, 3.05) is 26.2 Å². The van der Waals surface area contributed by atoms with Crippen molar-refractivity contribution < 1.29 is 27.5 Å². The van der Waals surface area contributed by atoms with Crippen molar-refractivity contribution in [3.63, 3.8) is 0 Å². The first-order chi connectivity index (χ1) is 13.7. The maximum Gasteiger partial charge on any atom is 0.338 e. The highest BCUT2D eigenvalue weighted by molar-refractivity contribution is 7.89. The molecule has 0 saturated carbocycles. The van der Waals surface area contributed by atoms with Gasteiger partial charge in [-0.15, -0.1) is 0 Å². The summed E-state index contributed by atoms with van der Waals surface area (Å²) in [4.78, 5) is 37.1. The van der Waals surface area contributed by atoms with Crippen molar-refractivity contribution in [3.05, 3.63) is 28.8 Å². The summed E-state index contributed by atoms with van der Waals surface area (Å²) in [6.45, 7) is 2.68. The number of halogens is 1. The Morgan fingerprint density at radius 2 is 1.86 bits per heavy atom. The van der Waals surface area contributed by atoms with E-state index in [0.717, 1.165) is 30.2 Å². The molecule has 2 heterocycles. The topological polar surface area (TPSA) is 113 Å². The number of esters is 1. The molecule has 2 aliphatic rings. The molecule has 1 aromatic rings. The van der Waals surface area contributed by atoms with E-state index < -0.39 is 34.0 Å². The highest BCUT2D eigenvalue weighted by Crippen LogP contribution is 2.28. The van der Waals surface area contributed by atoms with Gasteiger partial charge in [0.2, 0.25) is 10.0 Å². The van der Waals surface area contributed by atoms with Crippen molar-refractivity contribution in [1.82, 2.24) is 14.5 Å². The summed E-state index contributed by atoms with van der Waals surface area (Å²) in [7, 11) is -3.85. The predicted molar refractivity (Wildman–Crippen MR) is 104 cm³/mol. The van der Waals surface area contributed by atoms with Crippen LogP contribution in [0.2, 0.25) is 5.02 Å². The molecule has 11 heteroatoms. The fourth-order valence-electron chi connectivity index (χ4n) is 3.25. The van der Waals surface area contributed by atoms with Crippen LogP contribution in [0, 0.1) is 0 Å². The summed E-state index contributed by atoms with van der Waals surface area (Å²) in [6.07, 6.45) is 1.29. The highest BCUT2D eigenvalue weighted by atomic mass is 35.5. The van der Waals surface area contributed by atoms with Gasteiger partial charge >= 0.3 is 12.0 Å². The molecule has 0 aromatic heterocycles. The van der Waals surface area contributed by atoms with Crippen LogP contribution in [-0.2, 0) is 19.6 Å². The fraction of sp³-hybridized carbons (Fsp3) is 0.500. The molecule has 1 atom stereocenters. The van der Waals surface area contributed by atoms with E-state index in [1.165, 1.54) is 23.4 Å². The van der Waals surface area contributed by atoms with Crippen LogP contribution in [0.15, 0.2) is 23.1 Å². The number of benzene rings is 1. The lowest BCUT2D eigenvalue weighted by molar-refractivity contribution is -0.136. The van der Waals surface area contributed by atoms with E-state index in [9.17, 15) is 22.8 Å². The van der Waals surface area contributed by atoms with Crippen molar-refractivity contribution >= 4 is 39.5 Å². The smallest absolute Gasteiger partial charge is 0.338 e. The zero-order valence-electron chi connectivity index (χ0n) is 15.9. The Balaban J connectivity index is 1.77. The van der Waals surface area contributed by atoms with Gasteiger partial charge in [0.25, 0.3) is 5.91 Å². The second-order valence-corrected chi connectivity index (χ2v) is 9.19. The zero-order chi connectivity index (χ0) is 21.2. The molecule has 1 unspecified atom stereocenters. The summed E-state index contributed by atoms with van der Waals surface area (Å²) in [5.41, 5.74) is -0.0458. The van der Waals surface area contributed by atoms with Gasteiger partial charge in [-0.1, -0.05) is 18.0 Å². The molecular formula is C18H22ClN3O6S. The van der Waals surface area contributed by atoms with Crippen molar-refractivity contribution in [3.8, 4) is 0 Å². The number of nitrogens with one attached hydrogen (secondary N) is 1. The highest BCUT2D eigenvalue weighted by Gasteiger charge is 2.33. The van der Waals surface area contributed by atoms with Crippen molar-refractivity contribution in [1.29, 1.82) is 0 Å². The fourth-order valence-corrected chi connectivity index (χ4v) is 5.27. The van der Waals surface area contributed by atoms with Gasteiger partial charge in [-0.25, -0.2) is 18.0 Å². The van der Waals surface area contributed by atoms with E-state index in [-0.39, 0.29) is 22.0 Å². The van der Waals surface area contributed by atoms with E-state index >= 15 is 0 Å². The monoisotopic (exact) mass is 443 g/mol. The van der Waals surface area contributed by atoms with Gasteiger partial charge in [0.05, 0.1) is 10.6 Å². The van der Waals surface area contributed by atoms with Crippen molar-refractivity contribution in [2.24, 2.45) is 0 Å². The standard InChI is InChI=1S/C18H22ClN3O6S/c1-12(16(23)22-10-7-20-18(22)25)28-17(24)13-5-6-14(19)15(11-13)29(26,27)21-8-3-2-4-9-21/h5-6,11-12H,2-4,7-10H2,1H3,(H,20,25). The minimum Gasteiger partial charge on any atom is -0.449 e. The van der Waals surface area contributed by atoms with Gasteiger partial charge in [-0.05, 0) is 38.0 Å². The number of nitrogens with zero attached hydrogens (tertiary/aromatic N) is 2. The van der Waals surface area contributed by atoms with Gasteiger partial charge in [0.1, 0.15) is 4.90 Å². The molecule has 0 radical (unpaired) electrons. The van der Waals surface area contributed by atoms with Crippen LogP contribution < -0.4 is 5.32 Å². The number of urea groups is 1. The second-order valence-electron chi connectivity index (χ2n) is 6.88. The molecule has 1 N–H and O–H groups in total. The van der Waals surface area contributed by atoms with Crippen LogP contribution in [0.5, 0.6) is 0 Å². The summed E-state index contributed by atoms with van der Waals surface area (Å²) in [5, 5.41) is 2.50. The van der Waals surface area contributed by atoms with Crippen molar-refractivity contribution in [2.45, 2.75) is 37.2 Å². The molecule has 0 bridgehead atoms. The quantitative estimate of drug-likeness (QED) is 0.692. The molecule has 9 nitrogen and oxygen atoms in total. The largest absolute Gasteiger partial charge is 0.449 e. The molecule has 2 fully saturated rings. The van der Waals surface area contributed by atoms with Gasteiger partial charge in [-0.2, -0.15) is 4.31 Å². The Morgan fingerprint density at radius 1 is 1.17 bits per heavy atom. The summed E-state index contributed by atoms with van der Waals surface area (Å²) in [5.74, 6) is -1.53. The minimum atomic E-state index is -3.85. The first-order valence-corrected chi connectivity index (χ1v) is 11.1. The lowest BCUT2D eigenvalue weighted by Crippen LogP contribution is -2.41. The predicted octanol–water partition coefficient (Wildman–Crippen LogP) is 1.61. The molecule has 3 rings (SSSR count). The SMILES string of the molecule is CC(OC(=O)c1ccc(Cl)c(S(=O)(=O)N2CCCCC2)c1)C(=O)N1CCNC1=O. The van der Waals surface area contributed by atoms with E-state index in [1.807, 2.05) is 0 Å². The molecule has 29 heavy (non-hydrogen) atoms. The maximum atomic E-state index is 12.9. The lowest BCUT2D eigenvalue weighted by Gasteiger charge is -2.26. The van der Waals surface area contributed by atoms with Crippen LogP contribution in [0.3, 0.4) is 0 Å². The van der Waals surface area contributed by atoms with E-state index in [0.29, 0.717) is 19.6 Å². The summed E-state index contributed by atoms with van der Waals surface area (Å²) >= 11 is 6.10. The number of hydrogen-bond donors (Lipinski definition) is 1. The van der Waals surface area contributed by atoms with E-state index in [4.69, 9.17) is 16.3 Å². The molecule has 0 aliphatic carbocycles. The molecule has 2 saturated heterocycles. The van der Waals surface area contributed by atoms with Crippen LogP contribution in [0.4, 0.5) is 4.79 Å². The van der Waals surface area contributed by atoms with Gasteiger partial charge in [-0.3, -0.25) is 9.69 Å². The third-order valence-electron chi connectivity index (χ3n) is 4.85. The van der Waals surface area contributed by atoms with Gasteiger partial charge in [0, 0.05) is 26.2 Å². The number of rotatable bonds is 5. The number of imide groups is 1.